The fraction of sp³-hybridized carbons (Fsp3) is 0. The van der Waals surface area contributed by atoms with Crippen LogP contribution in [0.1, 0.15) is 0 Å². The topological polar surface area (TPSA) is 38.9 Å². The van der Waals surface area contributed by atoms with E-state index in [-0.39, 0.29) is 17.0 Å². The van der Waals surface area contributed by atoms with Crippen LogP contribution in [-0.2, 0) is 0 Å². The predicted octanol–water partition coefficient (Wildman–Crippen LogP) is 3.73. The number of rotatable bonds is 1. The lowest BCUT2D eigenvalue weighted by molar-refractivity contribution is 1.50. The second-order valence-electron chi connectivity index (χ2n) is 2.58. The van der Waals surface area contributed by atoms with Crippen LogP contribution in [0.4, 0.5) is 5.00 Å². The number of hydrogen-bond acceptors (Lipinski definition) is 3. The van der Waals surface area contributed by atoms with Crippen molar-refractivity contribution in [2.24, 2.45) is 0 Å². The minimum Gasteiger partial charge on any atom is -0.388 e. The lowest BCUT2D eigenvalue weighted by Crippen LogP contribution is -1.80. The van der Waals surface area contributed by atoms with Crippen LogP contribution in [0.2, 0.25) is 0 Å². The maximum atomic E-state index is 5.69. The summed E-state index contributed by atoms with van der Waals surface area (Å²) in [6.07, 6.45) is 0. The van der Waals surface area contributed by atoms with Gasteiger partial charge in [0.2, 0.25) is 0 Å². The molecule has 74 valence electrons. The molecular weight excluding hydrogens is 328 g/mol. The summed E-state index contributed by atoms with van der Waals surface area (Å²) >= 11 is 4.72. The Bertz CT molecular complexity index is 414. The van der Waals surface area contributed by atoms with E-state index in [1.807, 2.05) is 30.3 Å². The highest BCUT2D eigenvalue weighted by Crippen LogP contribution is 2.34. The van der Waals surface area contributed by atoms with E-state index in [2.05, 4.69) is 20.3 Å². The SMILES string of the molecule is Br.Nc1snc(-c2ccccc2)c1Br. The van der Waals surface area contributed by atoms with Crippen molar-refractivity contribution in [2.75, 3.05) is 5.73 Å². The van der Waals surface area contributed by atoms with Gasteiger partial charge in [-0.25, -0.2) is 0 Å². The van der Waals surface area contributed by atoms with Crippen molar-refractivity contribution in [3.8, 4) is 11.3 Å². The number of nitrogen functional groups attached to an aromatic ring is 1. The van der Waals surface area contributed by atoms with E-state index in [9.17, 15) is 0 Å². The Hall–Kier alpha value is -0.390. The summed E-state index contributed by atoms with van der Waals surface area (Å²) < 4.78 is 5.15. The summed E-state index contributed by atoms with van der Waals surface area (Å²) in [7, 11) is 0. The number of hydrogen-bond donors (Lipinski definition) is 1. The van der Waals surface area contributed by atoms with Gasteiger partial charge in [-0.1, -0.05) is 30.3 Å². The Kier molecular flexibility index (Phi) is 4.10. The summed E-state index contributed by atoms with van der Waals surface area (Å²) in [6, 6.07) is 9.97. The van der Waals surface area contributed by atoms with Gasteiger partial charge in [0.25, 0.3) is 0 Å². The van der Waals surface area contributed by atoms with E-state index in [1.54, 1.807) is 0 Å². The highest BCUT2D eigenvalue weighted by molar-refractivity contribution is 9.10. The molecule has 0 unspecified atom stereocenters. The van der Waals surface area contributed by atoms with Crippen LogP contribution in [0.3, 0.4) is 0 Å². The number of aromatic nitrogens is 1. The molecule has 0 bridgehead atoms. The van der Waals surface area contributed by atoms with Crippen LogP contribution >= 0.6 is 44.4 Å². The number of nitrogens with zero attached hydrogens (tertiary/aromatic N) is 1. The smallest absolute Gasteiger partial charge is 0.121 e. The first-order chi connectivity index (χ1) is 6.29. The van der Waals surface area contributed by atoms with Crippen LogP contribution in [0, 0.1) is 0 Å². The molecule has 0 spiro atoms. The van der Waals surface area contributed by atoms with E-state index >= 15 is 0 Å². The van der Waals surface area contributed by atoms with Crippen molar-refractivity contribution in [3.63, 3.8) is 0 Å². The monoisotopic (exact) mass is 334 g/mol. The molecule has 0 aliphatic rings. The van der Waals surface area contributed by atoms with Gasteiger partial charge in [0.1, 0.15) is 10.7 Å². The van der Waals surface area contributed by atoms with E-state index in [4.69, 9.17) is 5.73 Å². The fourth-order valence-electron chi connectivity index (χ4n) is 1.07. The quantitative estimate of drug-likeness (QED) is 0.862. The van der Waals surface area contributed by atoms with Crippen LogP contribution in [0.25, 0.3) is 11.3 Å². The second-order valence-corrected chi connectivity index (χ2v) is 4.17. The maximum absolute atomic E-state index is 5.69. The molecule has 0 fully saturated rings. The number of nitrogens with two attached hydrogens (primary N) is 1. The van der Waals surface area contributed by atoms with Crippen LogP contribution in [-0.4, -0.2) is 4.37 Å². The molecule has 1 aromatic heterocycles. The Labute approximate surface area is 105 Å². The molecule has 0 saturated carbocycles. The molecule has 0 saturated heterocycles. The lowest BCUT2D eigenvalue weighted by atomic mass is 10.2. The summed E-state index contributed by atoms with van der Waals surface area (Å²) in [6.45, 7) is 0. The highest BCUT2D eigenvalue weighted by atomic mass is 79.9. The molecule has 2 rings (SSSR count). The van der Waals surface area contributed by atoms with E-state index in [0.29, 0.717) is 0 Å². The van der Waals surface area contributed by atoms with Gasteiger partial charge < -0.3 is 5.73 Å². The Morgan fingerprint density at radius 1 is 1.21 bits per heavy atom. The van der Waals surface area contributed by atoms with Crippen LogP contribution in [0.15, 0.2) is 34.8 Å². The van der Waals surface area contributed by atoms with Crippen molar-refractivity contribution >= 4 is 49.4 Å². The van der Waals surface area contributed by atoms with Gasteiger partial charge in [0.15, 0.2) is 0 Å². The van der Waals surface area contributed by atoms with Gasteiger partial charge >= 0.3 is 0 Å². The normalized spacial score (nSPS) is 9.50. The zero-order valence-electron chi connectivity index (χ0n) is 7.11. The molecule has 1 aromatic carbocycles. The first-order valence-corrected chi connectivity index (χ1v) is 5.32. The van der Waals surface area contributed by atoms with Crippen molar-refractivity contribution < 1.29 is 0 Å². The molecule has 0 amide bonds. The largest absolute Gasteiger partial charge is 0.388 e. The van der Waals surface area contributed by atoms with Gasteiger partial charge in [0.05, 0.1) is 4.47 Å². The molecule has 0 atom stereocenters. The zero-order valence-corrected chi connectivity index (χ0v) is 11.2. The molecule has 1 heterocycles. The molecule has 14 heavy (non-hydrogen) atoms. The maximum Gasteiger partial charge on any atom is 0.121 e. The summed E-state index contributed by atoms with van der Waals surface area (Å²) in [5, 5.41) is 0.721. The first kappa shape index (κ1) is 11.7. The third kappa shape index (κ3) is 2.16. The van der Waals surface area contributed by atoms with E-state index < -0.39 is 0 Å². The Morgan fingerprint density at radius 2 is 1.86 bits per heavy atom. The van der Waals surface area contributed by atoms with Crippen molar-refractivity contribution in [1.29, 1.82) is 0 Å². The van der Waals surface area contributed by atoms with Gasteiger partial charge in [-0.3, -0.25) is 0 Å². The predicted molar refractivity (Wildman–Crippen MR) is 70.0 cm³/mol. The Balaban J connectivity index is 0.000000980. The molecule has 2 aromatic rings. The standard InChI is InChI=1S/C9H7BrN2S.BrH/c10-7-8(12-13-9(7)11)6-4-2-1-3-5-6;/h1-5H,11H2;1H. The van der Waals surface area contributed by atoms with Crippen molar-refractivity contribution in [1.82, 2.24) is 4.37 Å². The summed E-state index contributed by atoms with van der Waals surface area (Å²) in [5.41, 5.74) is 7.69. The molecule has 0 radical (unpaired) electrons. The fourth-order valence-corrected chi connectivity index (χ4v) is 2.28. The Morgan fingerprint density at radius 3 is 2.36 bits per heavy atom. The molecule has 2 nitrogen and oxygen atoms in total. The summed E-state index contributed by atoms with van der Waals surface area (Å²) in [5.74, 6) is 0. The average molecular weight is 336 g/mol. The van der Waals surface area contributed by atoms with Gasteiger partial charge in [-0.2, -0.15) is 4.37 Å². The molecule has 0 aliphatic heterocycles. The first-order valence-electron chi connectivity index (χ1n) is 3.75. The lowest BCUT2D eigenvalue weighted by Gasteiger charge is -1.95. The highest BCUT2D eigenvalue weighted by Gasteiger charge is 2.09. The zero-order chi connectivity index (χ0) is 9.26. The molecule has 2 N–H and O–H groups in total. The van der Waals surface area contributed by atoms with Gasteiger partial charge in [0, 0.05) is 5.56 Å². The third-order valence-corrected chi connectivity index (χ3v) is 3.45. The van der Waals surface area contributed by atoms with Crippen LogP contribution < -0.4 is 5.73 Å². The van der Waals surface area contributed by atoms with E-state index in [0.717, 1.165) is 20.7 Å². The van der Waals surface area contributed by atoms with Crippen molar-refractivity contribution in [3.05, 3.63) is 34.8 Å². The minimum atomic E-state index is 0. The number of halogens is 2. The van der Waals surface area contributed by atoms with Crippen LogP contribution in [0.5, 0.6) is 0 Å². The van der Waals surface area contributed by atoms with Gasteiger partial charge in [-0.15, -0.1) is 17.0 Å². The number of benzene rings is 1. The summed E-state index contributed by atoms with van der Waals surface area (Å²) in [4.78, 5) is 0. The molecular formula is C9H8Br2N2S. The molecule has 0 aliphatic carbocycles. The van der Waals surface area contributed by atoms with Gasteiger partial charge in [-0.05, 0) is 27.5 Å². The average Bonchev–Trinajstić information content (AvgIpc) is 2.49. The van der Waals surface area contributed by atoms with Crippen molar-refractivity contribution in [2.45, 2.75) is 0 Å². The van der Waals surface area contributed by atoms with E-state index in [1.165, 1.54) is 11.5 Å². The second kappa shape index (κ2) is 4.91. The third-order valence-electron chi connectivity index (χ3n) is 1.71. The minimum absolute atomic E-state index is 0. The molecule has 5 heteroatoms. The number of anilines is 1.